The maximum Gasteiger partial charge on any atom is 0.207 e. The Kier molecular flexibility index (Phi) is 2.24. The fraction of sp³-hybridized carbons (Fsp3) is 0.222. The Morgan fingerprint density at radius 2 is 2.00 bits per heavy atom. The third-order valence-electron chi connectivity index (χ3n) is 1.88. The first-order valence-electron chi connectivity index (χ1n) is 4.24. The lowest BCUT2D eigenvalue weighted by atomic mass is 10.1. The maximum atomic E-state index is 9.83. The fourth-order valence-corrected chi connectivity index (χ4v) is 1.19. The van der Waals surface area contributed by atoms with Crippen LogP contribution in [0.25, 0.3) is 0 Å². The summed E-state index contributed by atoms with van der Waals surface area (Å²) in [7, 11) is 1.66. The molecule has 1 aromatic carbocycles. The van der Waals surface area contributed by atoms with Gasteiger partial charge in [-0.15, -0.1) is 10.2 Å². The fourth-order valence-electron chi connectivity index (χ4n) is 1.19. The molecule has 0 aliphatic rings. The van der Waals surface area contributed by atoms with E-state index >= 15 is 0 Å². The first kappa shape index (κ1) is 8.83. The van der Waals surface area contributed by atoms with Crippen molar-refractivity contribution in [3.05, 3.63) is 41.7 Å². The molecule has 1 atom stereocenters. The van der Waals surface area contributed by atoms with E-state index in [1.807, 2.05) is 30.3 Å². The summed E-state index contributed by atoms with van der Waals surface area (Å²) in [6.45, 7) is 0. The van der Waals surface area contributed by atoms with E-state index in [1.165, 1.54) is 4.80 Å². The summed E-state index contributed by atoms with van der Waals surface area (Å²) in [6.07, 6.45) is -0.801. The highest BCUT2D eigenvalue weighted by Gasteiger charge is 2.14. The Morgan fingerprint density at radius 3 is 2.57 bits per heavy atom. The molecule has 0 saturated heterocycles. The van der Waals surface area contributed by atoms with Crippen LogP contribution in [-0.4, -0.2) is 25.3 Å². The quantitative estimate of drug-likeness (QED) is 0.739. The highest BCUT2D eigenvalue weighted by Crippen LogP contribution is 2.16. The van der Waals surface area contributed by atoms with Gasteiger partial charge in [0, 0.05) is 0 Å². The van der Waals surface area contributed by atoms with Gasteiger partial charge in [-0.3, -0.25) is 0 Å². The van der Waals surface area contributed by atoms with E-state index in [0.29, 0.717) is 5.82 Å². The third-order valence-corrected chi connectivity index (χ3v) is 1.88. The summed E-state index contributed by atoms with van der Waals surface area (Å²) in [6, 6.07) is 9.24. The van der Waals surface area contributed by atoms with Gasteiger partial charge in [-0.2, -0.15) is 4.80 Å². The molecular formula is C9H10N4O. The van der Waals surface area contributed by atoms with Crippen molar-refractivity contribution in [2.24, 2.45) is 7.05 Å². The molecule has 1 aromatic heterocycles. The van der Waals surface area contributed by atoms with Crippen molar-refractivity contribution in [1.29, 1.82) is 0 Å². The molecule has 72 valence electrons. The molecular weight excluding hydrogens is 180 g/mol. The monoisotopic (exact) mass is 190 g/mol. The lowest BCUT2D eigenvalue weighted by Crippen LogP contribution is -2.02. The van der Waals surface area contributed by atoms with Crippen LogP contribution >= 0.6 is 0 Å². The van der Waals surface area contributed by atoms with Gasteiger partial charge in [-0.1, -0.05) is 30.3 Å². The van der Waals surface area contributed by atoms with Crippen molar-refractivity contribution in [2.45, 2.75) is 6.10 Å². The molecule has 2 aromatic rings. The summed E-state index contributed by atoms with van der Waals surface area (Å²) in [4.78, 5) is 1.32. The van der Waals surface area contributed by atoms with E-state index in [2.05, 4.69) is 15.4 Å². The molecule has 0 fully saturated rings. The molecule has 0 saturated carbocycles. The highest BCUT2D eigenvalue weighted by atomic mass is 16.3. The molecule has 0 radical (unpaired) electrons. The van der Waals surface area contributed by atoms with E-state index in [-0.39, 0.29) is 0 Å². The molecule has 1 heterocycles. The van der Waals surface area contributed by atoms with Gasteiger partial charge >= 0.3 is 0 Å². The zero-order valence-electron chi connectivity index (χ0n) is 7.70. The van der Waals surface area contributed by atoms with Crippen molar-refractivity contribution in [1.82, 2.24) is 20.2 Å². The summed E-state index contributed by atoms with van der Waals surface area (Å²) >= 11 is 0. The third kappa shape index (κ3) is 1.62. The van der Waals surface area contributed by atoms with Crippen LogP contribution in [0.3, 0.4) is 0 Å². The summed E-state index contributed by atoms with van der Waals surface area (Å²) in [5.74, 6) is 0.318. The van der Waals surface area contributed by atoms with E-state index in [4.69, 9.17) is 0 Å². The topological polar surface area (TPSA) is 63.8 Å². The molecule has 0 aliphatic heterocycles. The van der Waals surface area contributed by atoms with Crippen molar-refractivity contribution in [3.63, 3.8) is 0 Å². The Labute approximate surface area is 81.0 Å². The second-order valence-electron chi connectivity index (χ2n) is 2.95. The second-order valence-corrected chi connectivity index (χ2v) is 2.95. The van der Waals surface area contributed by atoms with Gasteiger partial charge in [0.1, 0.15) is 6.10 Å². The molecule has 2 rings (SSSR count). The zero-order valence-corrected chi connectivity index (χ0v) is 7.70. The summed E-state index contributed by atoms with van der Waals surface area (Å²) < 4.78 is 0. The SMILES string of the molecule is Cn1nnc(C(O)c2ccccc2)n1. The van der Waals surface area contributed by atoms with Gasteiger partial charge in [-0.05, 0) is 10.8 Å². The lowest BCUT2D eigenvalue weighted by Gasteiger charge is -2.04. The van der Waals surface area contributed by atoms with E-state index < -0.39 is 6.10 Å². The molecule has 0 spiro atoms. The molecule has 0 bridgehead atoms. The molecule has 5 heteroatoms. The number of rotatable bonds is 2. The smallest absolute Gasteiger partial charge is 0.207 e. The molecule has 1 unspecified atom stereocenters. The number of hydrogen-bond acceptors (Lipinski definition) is 4. The van der Waals surface area contributed by atoms with Crippen molar-refractivity contribution < 1.29 is 5.11 Å². The van der Waals surface area contributed by atoms with Gasteiger partial charge in [0.05, 0.1) is 7.05 Å². The Hall–Kier alpha value is -1.75. The summed E-state index contributed by atoms with van der Waals surface area (Å²) in [5, 5.41) is 21.2. The van der Waals surface area contributed by atoms with E-state index in [9.17, 15) is 5.11 Å². The standard InChI is InChI=1S/C9H10N4O/c1-13-11-9(10-12-13)8(14)7-5-3-2-4-6-7/h2-6,8,14H,1H3. The summed E-state index contributed by atoms with van der Waals surface area (Å²) in [5.41, 5.74) is 0.764. The van der Waals surface area contributed by atoms with Gasteiger partial charge in [0.2, 0.25) is 5.82 Å². The molecule has 0 amide bonds. The Bertz CT molecular complexity index is 412. The average molecular weight is 190 g/mol. The van der Waals surface area contributed by atoms with Crippen LogP contribution in [0.4, 0.5) is 0 Å². The van der Waals surface area contributed by atoms with Crippen LogP contribution < -0.4 is 0 Å². The number of hydrogen-bond donors (Lipinski definition) is 1. The number of benzene rings is 1. The Morgan fingerprint density at radius 1 is 1.29 bits per heavy atom. The molecule has 1 N–H and O–H groups in total. The first-order chi connectivity index (χ1) is 6.77. The molecule has 0 aliphatic carbocycles. The zero-order chi connectivity index (χ0) is 9.97. The van der Waals surface area contributed by atoms with Crippen molar-refractivity contribution in [3.8, 4) is 0 Å². The van der Waals surface area contributed by atoms with Crippen LogP contribution in [-0.2, 0) is 7.05 Å². The number of aliphatic hydroxyl groups excluding tert-OH is 1. The largest absolute Gasteiger partial charge is 0.380 e. The number of nitrogens with zero attached hydrogens (tertiary/aromatic N) is 4. The minimum atomic E-state index is -0.801. The first-order valence-corrected chi connectivity index (χ1v) is 4.24. The second kappa shape index (κ2) is 3.55. The predicted octanol–water partition coefficient (Wildman–Crippen LogP) is 0.292. The molecule has 14 heavy (non-hydrogen) atoms. The van der Waals surface area contributed by atoms with Gasteiger partial charge in [0.25, 0.3) is 0 Å². The van der Waals surface area contributed by atoms with Crippen LogP contribution in [0.15, 0.2) is 30.3 Å². The minimum Gasteiger partial charge on any atom is -0.380 e. The maximum absolute atomic E-state index is 9.83. The normalized spacial score (nSPS) is 12.7. The van der Waals surface area contributed by atoms with Crippen molar-refractivity contribution in [2.75, 3.05) is 0 Å². The van der Waals surface area contributed by atoms with Gasteiger partial charge in [-0.25, -0.2) is 0 Å². The Balaban J connectivity index is 2.29. The number of aliphatic hydroxyl groups is 1. The molecule has 5 nitrogen and oxygen atoms in total. The van der Waals surface area contributed by atoms with Crippen LogP contribution in [0.1, 0.15) is 17.5 Å². The van der Waals surface area contributed by atoms with Gasteiger partial charge < -0.3 is 5.11 Å². The lowest BCUT2D eigenvalue weighted by molar-refractivity contribution is 0.209. The minimum absolute atomic E-state index is 0.318. The highest BCUT2D eigenvalue weighted by molar-refractivity contribution is 5.21. The van der Waals surface area contributed by atoms with E-state index in [0.717, 1.165) is 5.56 Å². The number of tetrazole rings is 1. The van der Waals surface area contributed by atoms with Crippen LogP contribution in [0.2, 0.25) is 0 Å². The number of aryl methyl sites for hydroxylation is 1. The van der Waals surface area contributed by atoms with Crippen molar-refractivity contribution >= 4 is 0 Å². The predicted molar refractivity (Wildman–Crippen MR) is 49.3 cm³/mol. The average Bonchev–Trinajstić information content (AvgIpc) is 2.65. The van der Waals surface area contributed by atoms with E-state index in [1.54, 1.807) is 7.05 Å². The van der Waals surface area contributed by atoms with Crippen LogP contribution in [0, 0.1) is 0 Å². The van der Waals surface area contributed by atoms with Gasteiger partial charge in [0.15, 0.2) is 0 Å². The number of aromatic nitrogens is 4. The van der Waals surface area contributed by atoms with Crippen LogP contribution in [0.5, 0.6) is 0 Å².